The summed E-state index contributed by atoms with van der Waals surface area (Å²) < 4.78 is 5.50. The molecule has 0 bridgehead atoms. The number of hydrogen-bond acceptors (Lipinski definition) is 3. The average molecular weight is 199 g/mol. The molecule has 1 saturated carbocycles. The van der Waals surface area contributed by atoms with E-state index in [2.05, 4.69) is 12.2 Å². The Kier molecular flexibility index (Phi) is 3.42. The smallest absolute Gasteiger partial charge is 0.0700 e. The zero-order valence-electron chi connectivity index (χ0n) is 8.91. The van der Waals surface area contributed by atoms with Crippen LogP contribution in [0.15, 0.2) is 0 Å². The first kappa shape index (κ1) is 10.4. The Labute approximate surface area is 85.8 Å². The molecule has 14 heavy (non-hydrogen) atoms. The number of aliphatic hydroxyl groups is 1. The summed E-state index contributed by atoms with van der Waals surface area (Å²) in [5, 5.41) is 13.4. The number of aliphatic hydroxyl groups excluding tert-OH is 1. The topological polar surface area (TPSA) is 41.5 Å². The van der Waals surface area contributed by atoms with Crippen molar-refractivity contribution in [2.24, 2.45) is 0 Å². The Hall–Kier alpha value is -0.120. The van der Waals surface area contributed by atoms with Crippen molar-refractivity contribution < 1.29 is 9.84 Å². The molecule has 2 fully saturated rings. The van der Waals surface area contributed by atoms with E-state index in [4.69, 9.17) is 4.74 Å². The largest absolute Gasteiger partial charge is 0.392 e. The van der Waals surface area contributed by atoms with Gasteiger partial charge >= 0.3 is 0 Å². The van der Waals surface area contributed by atoms with Crippen LogP contribution in [0.3, 0.4) is 0 Å². The Balaban J connectivity index is 1.83. The van der Waals surface area contributed by atoms with Crippen LogP contribution in [0.4, 0.5) is 0 Å². The second-order valence-corrected chi connectivity index (χ2v) is 4.60. The van der Waals surface area contributed by atoms with Crippen molar-refractivity contribution in [2.75, 3.05) is 6.61 Å². The lowest BCUT2D eigenvalue weighted by atomic mass is 9.91. The molecule has 0 amide bonds. The molecule has 2 aliphatic rings. The summed E-state index contributed by atoms with van der Waals surface area (Å²) in [6.45, 7) is 2.97. The van der Waals surface area contributed by atoms with E-state index in [9.17, 15) is 5.11 Å². The molecule has 0 aromatic rings. The summed E-state index contributed by atoms with van der Waals surface area (Å²) in [4.78, 5) is 0. The van der Waals surface area contributed by atoms with Gasteiger partial charge in [-0.15, -0.1) is 0 Å². The number of nitrogens with one attached hydrogen (secondary N) is 1. The Morgan fingerprint density at radius 1 is 1.14 bits per heavy atom. The normalized spacial score (nSPS) is 44.1. The van der Waals surface area contributed by atoms with Crippen LogP contribution < -0.4 is 5.32 Å². The Bertz CT molecular complexity index is 186. The minimum absolute atomic E-state index is 0.142. The number of rotatable bonds is 2. The van der Waals surface area contributed by atoms with Crippen molar-refractivity contribution in [2.45, 2.75) is 63.3 Å². The van der Waals surface area contributed by atoms with E-state index in [-0.39, 0.29) is 6.10 Å². The van der Waals surface area contributed by atoms with E-state index in [1.807, 2.05) is 0 Å². The van der Waals surface area contributed by atoms with E-state index in [1.165, 1.54) is 12.8 Å². The van der Waals surface area contributed by atoms with Gasteiger partial charge < -0.3 is 15.2 Å². The highest BCUT2D eigenvalue weighted by Crippen LogP contribution is 2.21. The van der Waals surface area contributed by atoms with Crippen molar-refractivity contribution >= 4 is 0 Å². The highest BCUT2D eigenvalue weighted by Gasteiger charge is 2.30. The van der Waals surface area contributed by atoms with Gasteiger partial charge in [0.2, 0.25) is 0 Å². The molecule has 2 N–H and O–H groups in total. The fourth-order valence-corrected chi connectivity index (χ4v) is 2.53. The van der Waals surface area contributed by atoms with E-state index in [0.717, 1.165) is 25.9 Å². The van der Waals surface area contributed by atoms with Crippen molar-refractivity contribution in [3.63, 3.8) is 0 Å². The fraction of sp³-hybridized carbons (Fsp3) is 1.00. The van der Waals surface area contributed by atoms with Gasteiger partial charge in [-0.1, -0.05) is 12.8 Å². The third-order valence-corrected chi connectivity index (χ3v) is 3.53. The summed E-state index contributed by atoms with van der Waals surface area (Å²) in [6.07, 6.45) is 5.75. The summed E-state index contributed by atoms with van der Waals surface area (Å²) in [5.74, 6) is 0. The lowest BCUT2D eigenvalue weighted by Crippen LogP contribution is -2.49. The first-order valence-electron chi connectivity index (χ1n) is 5.83. The molecule has 3 nitrogen and oxygen atoms in total. The predicted octanol–water partition coefficient (Wildman–Crippen LogP) is 1.06. The van der Waals surface area contributed by atoms with Crippen LogP contribution in [0.25, 0.3) is 0 Å². The molecule has 0 aromatic carbocycles. The first-order chi connectivity index (χ1) is 6.77. The molecule has 2 rings (SSSR count). The van der Waals surface area contributed by atoms with Gasteiger partial charge in [-0.05, 0) is 26.2 Å². The van der Waals surface area contributed by atoms with Gasteiger partial charge in [0, 0.05) is 18.7 Å². The van der Waals surface area contributed by atoms with Gasteiger partial charge in [-0.3, -0.25) is 0 Å². The SMILES string of the molecule is CC1OCCC1N[C@@H]1CCCC[C@H]1O. The molecule has 3 heteroatoms. The van der Waals surface area contributed by atoms with E-state index in [0.29, 0.717) is 18.2 Å². The third-order valence-electron chi connectivity index (χ3n) is 3.53. The van der Waals surface area contributed by atoms with E-state index in [1.54, 1.807) is 0 Å². The van der Waals surface area contributed by atoms with Crippen LogP contribution in [0, 0.1) is 0 Å². The summed E-state index contributed by atoms with van der Waals surface area (Å²) in [6, 6.07) is 0.755. The lowest BCUT2D eigenvalue weighted by molar-refractivity contribution is 0.0694. The molecule has 2 unspecified atom stereocenters. The summed E-state index contributed by atoms with van der Waals surface area (Å²) in [7, 11) is 0. The van der Waals surface area contributed by atoms with E-state index >= 15 is 0 Å². The average Bonchev–Trinajstić information content (AvgIpc) is 2.56. The maximum absolute atomic E-state index is 9.81. The van der Waals surface area contributed by atoms with Gasteiger partial charge in [0.25, 0.3) is 0 Å². The third kappa shape index (κ3) is 2.27. The monoisotopic (exact) mass is 199 g/mol. The van der Waals surface area contributed by atoms with Gasteiger partial charge in [0.05, 0.1) is 12.2 Å². The molecule has 1 aliphatic heterocycles. The molecule has 1 heterocycles. The van der Waals surface area contributed by atoms with Gasteiger partial charge in [0.1, 0.15) is 0 Å². The molecule has 1 saturated heterocycles. The molecule has 0 aromatic heterocycles. The molecule has 82 valence electrons. The number of hydrogen-bond donors (Lipinski definition) is 2. The van der Waals surface area contributed by atoms with Crippen LogP contribution in [0.2, 0.25) is 0 Å². The van der Waals surface area contributed by atoms with Crippen molar-refractivity contribution in [3.8, 4) is 0 Å². The van der Waals surface area contributed by atoms with Crippen LogP contribution in [0.1, 0.15) is 39.0 Å². The molecular formula is C11H21NO2. The highest BCUT2D eigenvalue weighted by atomic mass is 16.5. The molecule has 4 atom stereocenters. The van der Waals surface area contributed by atoms with Crippen molar-refractivity contribution in [1.82, 2.24) is 5.32 Å². The highest BCUT2D eigenvalue weighted by molar-refractivity contribution is 4.87. The standard InChI is InChI=1S/C11H21NO2/c1-8-9(6-7-14-8)12-10-4-2-3-5-11(10)13/h8-13H,2-7H2,1H3/t8?,9?,10-,11-/m1/s1. The van der Waals surface area contributed by atoms with Crippen molar-refractivity contribution in [3.05, 3.63) is 0 Å². The van der Waals surface area contributed by atoms with Crippen molar-refractivity contribution in [1.29, 1.82) is 0 Å². The molecule has 1 aliphatic carbocycles. The second-order valence-electron chi connectivity index (χ2n) is 4.60. The zero-order valence-corrected chi connectivity index (χ0v) is 8.91. The minimum atomic E-state index is -0.142. The molecule has 0 spiro atoms. The van der Waals surface area contributed by atoms with Gasteiger partial charge in [-0.25, -0.2) is 0 Å². The summed E-state index contributed by atoms with van der Waals surface area (Å²) in [5.41, 5.74) is 0. The fourth-order valence-electron chi connectivity index (χ4n) is 2.53. The minimum Gasteiger partial charge on any atom is -0.392 e. The first-order valence-corrected chi connectivity index (χ1v) is 5.83. The van der Waals surface area contributed by atoms with Gasteiger partial charge in [0.15, 0.2) is 0 Å². The van der Waals surface area contributed by atoms with Crippen LogP contribution in [-0.4, -0.2) is 36.0 Å². The lowest BCUT2D eigenvalue weighted by Gasteiger charge is -2.31. The van der Waals surface area contributed by atoms with Crippen LogP contribution in [-0.2, 0) is 4.74 Å². The van der Waals surface area contributed by atoms with E-state index < -0.39 is 0 Å². The molecule has 0 radical (unpaired) electrons. The molecular weight excluding hydrogens is 178 g/mol. The van der Waals surface area contributed by atoms with Crippen LogP contribution >= 0.6 is 0 Å². The Morgan fingerprint density at radius 3 is 2.57 bits per heavy atom. The zero-order chi connectivity index (χ0) is 9.97. The number of ether oxygens (including phenoxy) is 1. The quantitative estimate of drug-likeness (QED) is 0.698. The maximum Gasteiger partial charge on any atom is 0.0700 e. The predicted molar refractivity (Wildman–Crippen MR) is 55.2 cm³/mol. The maximum atomic E-state index is 9.81. The van der Waals surface area contributed by atoms with Gasteiger partial charge in [-0.2, -0.15) is 0 Å². The summed E-state index contributed by atoms with van der Waals surface area (Å²) >= 11 is 0. The second kappa shape index (κ2) is 4.60. The van der Waals surface area contributed by atoms with Crippen LogP contribution in [0.5, 0.6) is 0 Å². The Morgan fingerprint density at radius 2 is 1.93 bits per heavy atom.